The first-order chi connectivity index (χ1) is 17.1. The minimum Gasteiger partial charge on any atom is -0.349 e. The van der Waals surface area contributed by atoms with Crippen molar-refractivity contribution in [2.24, 2.45) is 0 Å². The summed E-state index contributed by atoms with van der Waals surface area (Å²) in [5.74, 6) is -2.77. The molecule has 0 saturated carbocycles. The zero-order valence-electron chi connectivity index (χ0n) is 19.0. The molecule has 3 amide bonds. The van der Waals surface area contributed by atoms with Gasteiger partial charge in [0.25, 0.3) is 17.7 Å². The second kappa shape index (κ2) is 9.93. The molecule has 1 aliphatic rings. The van der Waals surface area contributed by atoms with E-state index in [0.29, 0.717) is 22.5 Å². The zero-order chi connectivity index (χ0) is 26.1. The van der Waals surface area contributed by atoms with Crippen molar-refractivity contribution in [3.05, 3.63) is 98.9 Å². The molecule has 0 aliphatic carbocycles. The first-order valence-corrected chi connectivity index (χ1v) is 11.4. The van der Waals surface area contributed by atoms with Crippen LogP contribution in [-0.4, -0.2) is 23.5 Å². The lowest BCUT2D eigenvalue weighted by molar-refractivity contribution is -0.120. The molecule has 3 aromatic rings. The molecule has 36 heavy (non-hydrogen) atoms. The van der Waals surface area contributed by atoms with Gasteiger partial charge in [-0.15, -0.1) is 0 Å². The summed E-state index contributed by atoms with van der Waals surface area (Å²) >= 11 is 12.0. The predicted octanol–water partition coefficient (Wildman–Crippen LogP) is 5.68. The van der Waals surface area contributed by atoms with Gasteiger partial charge in [-0.05, 0) is 74.0 Å². The van der Waals surface area contributed by atoms with Gasteiger partial charge in [0, 0.05) is 22.5 Å². The predicted molar refractivity (Wildman–Crippen MR) is 136 cm³/mol. The Morgan fingerprint density at radius 3 is 2.19 bits per heavy atom. The molecule has 0 fully saturated rings. The summed E-state index contributed by atoms with van der Waals surface area (Å²) in [6.45, 7) is 3.20. The summed E-state index contributed by atoms with van der Waals surface area (Å²) in [7, 11) is 0. The molecule has 1 heterocycles. The number of imide groups is 1. The Balaban J connectivity index is 1.56. The van der Waals surface area contributed by atoms with Gasteiger partial charge in [0.2, 0.25) is 0 Å². The lowest BCUT2D eigenvalue weighted by atomic mass is 10.1. The van der Waals surface area contributed by atoms with E-state index >= 15 is 0 Å². The van der Waals surface area contributed by atoms with Gasteiger partial charge in [-0.2, -0.15) is 0 Å². The molecular weight excluding hydrogens is 508 g/mol. The molecule has 0 atom stereocenters. The molecule has 0 radical (unpaired) electrons. The lowest BCUT2D eigenvalue weighted by Gasteiger charge is -2.16. The average Bonchev–Trinajstić information content (AvgIpc) is 3.05. The van der Waals surface area contributed by atoms with E-state index in [9.17, 15) is 23.6 Å². The molecule has 7 nitrogen and oxygen atoms in total. The first kappa shape index (κ1) is 25.1. The number of hydrogen-bond donors (Lipinski definition) is 2. The Labute approximate surface area is 215 Å². The molecule has 3 aromatic carbocycles. The standard InChI is InChI=1S/C26H18Cl2FN3O4/c1-13-3-4-16(24(34)30-17-7-5-15(6-8-17)14(2)33)11-21(13)31-23-22(28)25(35)32(26(23)36)18-9-10-20(29)19(27)12-18/h3-12,31H,1-2H3,(H,30,34). The maximum Gasteiger partial charge on any atom is 0.283 e. The third-order valence-corrected chi connectivity index (χ3v) is 6.14. The van der Waals surface area contributed by atoms with Gasteiger partial charge in [-0.3, -0.25) is 19.2 Å². The maximum atomic E-state index is 13.5. The summed E-state index contributed by atoms with van der Waals surface area (Å²) < 4.78 is 13.5. The molecular formula is C26H18Cl2FN3O4. The summed E-state index contributed by atoms with van der Waals surface area (Å²) in [6.07, 6.45) is 0. The highest BCUT2D eigenvalue weighted by Gasteiger charge is 2.39. The molecule has 182 valence electrons. The number of Topliss-reactive ketones (excluding diaryl/α,β-unsaturated/α-hetero) is 1. The average molecular weight is 526 g/mol. The van der Waals surface area contributed by atoms with Crippen LogP contribution in [0.25, 0.3) is 0 Å². The third-order valence-electron chi connectivity index (χ3n) is 5.50. The van der Waals surface area contributed by atoms with E-state index in [0.717, 1.165) is 17.0 Å². The number of benzene rings is 3. The van der Waals surface area contributed by atoms with E-state index in [1.165, 1.54) is 19.1 Å². The number of rotatable bonds is 6. The van der Waals surface area contributed by atoms with Gasteiger partial charge in [-0.25, -0.2) is 9.29 Å². The maximum absolute atomic E-state index is 13.5. The van der Waals surface area contributed by atoms with Gasteiger partial charge >= 0.3 is 0 Å². The Morgan fingerprint density at radius 1 is 0.889 bits per heavy atom. The topological polar surface area (TPSA) is 95.6 Å². The second-order valence-electron chi connectivity index (χ2n) is 7.98. The lowest BCUT2D eigenvalue weighted by Crippen LogP contribution is -2.32. The number of hydrogen-bond acceptors (Lipinski definition) is 5. The van der Waals surface area contributed by atoms with Crippen LogP contribution in [0.5, 0.6) is 0 Å². The smallest absolute Gasteiger partial charge is 0.283 e. The van der Waals surface area contributed by atoms with E-state index in [-0.39, 0.29) is 32.8 Å². The van der Waals surface area contributed by atoms with E-state index in [1.807, 2.05) is 0 Å². The van der Waals surface area contributed by atoms with Crippen LogP contribution in [0.3, 0.4) is 0 Å². The fraction of sp³-hybridized carbons (Fsp3) is 0.0769. The number of amides is 3. The second-order valence-corrected chi connectivity index (χ2v) is 8.76. The van der Waals surface area contributed by atoms with Crippen LogP contribution >= 0.6 is 23.2 Å². The summed E-state index contributed by atoms with van der Waals surface area (Å²) in [5.41, 5.74) is 2.22. The zero-order valence-corrected chi connectivity index (χ0v) is 20.5. The quantitative estimate of drug-likeness (QED) is 0.319. The summed E-state index contributed by atoms with van der Waals surface area (Å²) in [4.78, 5) is 50.7. The van der Waals surface area contributed by atoms with Crippen molar-refractivity contribution in [2.75, 3.05) is 15.5 Å². The molecule has 0 unspecified atom stereocenters. The largest absolute Gasteiger partial charge is 0.349 e. The fourth-order valence-electron chi connectivity index (χ4n) is 3.49. The summed E-state index contributed by atoms with van der Waals surface area (Å²) in [6, 6.07) is 14.7. The number of ketones is 1. The van der Waals surface area contributed by atoms with E-state index in [1.54, 1.807) is 43.3 Å². The highest BCUT2D eigenvalue weighted by molar-refractivity contribution is 6.53. The SMILES string of the molecule is CC(=O)c1ccc(NC(=O)c2ccc(C)c(NC3=C(Cl)C(=O)N(c4ccc(F)c(Cl)c4)C3=O)c2)cc1. The van der Waals surface area contributed by atoms with Crippen molar-refractivity contribution < 1.29 is 23.6 Å². The normalized spacial score (nSPS) is 13.3. The molecule has 10 heteroatoms. The number of carbonyl (C=O) groups excluding carboxylic acids is 4. The van der Waals surface area contributed by atoms with Crippen LogP contribution in [0.2, 0.25) is 5.02 Å². The molecule has 2 N–H and O–H groups in total. The van der Waals surface area contributed by atoms with Crippen molar-refractivity contribution in [1.82, 2.24) is 0 Å². The van der Waals surface area contributed by atoms with Gasteiger partial charge in [0.1, 0.15) is 16.5 Å². The van der Waals surface area contributed by atoms with Gasteiger partial charge in [0.15, 0.2) is 5.78 Å². The van der Waals surface area contributed by atoms with Crippen molar-refractivity contribution in [3.8, 4) is 0 Å². The highest BCUT2D eigenvalue weighted by Crippen LogP contribution is 2.33. The number of nitrogens with one attached hydrogen (secondary N) is 2. The van der Waals surface area contributed by atoms with Gasteiger partial charge in [-0.1, -0.05) is 29.3 Å². The molecule has 0 bridgehead atoms. The molecule has 0 saturated heterocycles. The molecule has 4 rings (SSSR count). The Bertz CT molecular complexity index is 1470. The Kier molecular flexibility index (Phi) is 6.92. The van der Waals surface area contributed by atoms with Gasteiger partial charge < -0.3 is 10.6 Å². The minimum atomic E-state index is -0.799. The van der Waals surface area contributed by atoms with E-state index in [2.05, 4.69) is 10.6 Å². The third kappa shape index (κ3) is 4.86. The van der Waals surface area contributed by atoms with Crippen LogP contribution in [0.15, 0.2) is 71.4 Å². The van der Waals surface area contributed by atoms with Crippen LogP contribution in [0.4, 0.5) is 21.5 Å². The first-order valence-electron chi connectivity index (χ1n) is 10.6. The Morgan fingerprint density at radius 2 is 1.56 bits per heavy atom. The van der Waals surface area contributed by atoms with Crippen molar-refractivity contribution in [1.29, 1.82) is 0 Å². The van der Waals surface area contributed by atoms with Crippen molar-refractivity contribution >= 4 is 63.8 Å². The van der Waals surface area contributed by atoms with Crippen LogP contribution in [0.1, 0.15) is 33.2 Å². The van der Waals surface area contributed by atoms with Crippen LogP contribution in [-0.2, 0) is 9.59 Å². The van der Waals surface area contributed by atoms with E-state index in [4.69, 9.17) is 23.2 Å². The number of anilines is 3. The number of nitrogens with zero attached hydrogens (tertiary/aromatic N) is 1. The highest BCUT2D eigenvalue weighted by atomic mass is 35.5. The number of halogens is 3. The van der Waals surface area contributed by atoms with Gasteiger partial charge in [0.05, 0.1) is 10.7 Å². The Hall–Kier alpha value is -4.01. The van der Waals surface area contributed by atoms with Crippen LogP contribution in [0, 0.1) is 12.7 Å². The number of carbonyl (C=O) groups is 4. The minimum absolute atomic E-state index is 0.0620. The molecule has 0 spiro atoms. The fourth-order valence-corrected chi connectivity index (χ4v) is 3.88. The monoisotopic (exact) mass is 525 g/mol. The number of aryl methyl sites for hydroxylation is 1. The van der Waals surface area contributed by atoms with E-state index < -0.39 is 23.5 Å². The molecule has 1 aliphatic heterocycles. The van der Waals surface area contributed by atoms with Crippen LogP contribution < -0.4 is 15.5 Å². The molecule has 0 aromatic heterocycles. The summed E-state index contributed by atoms with van der Waals surface area (Å²) in [5, 5.41) is 4.98. The van der Waals surface area contributed by atoms with Crippen molar-refractivity contribution in [3.63, 3.8) is 0 Å². The van der Waals surface area contributed by atoms with Crippen molar-refractivity contribution in [2.45, 2.75) is 13.8 Å².